The molecule has 0 aromatic heterocycles. The van der Waals surface area contributed by atoms with Crippen LogP contribution in [-0.4, -0.2) is 17.8 Å². The number of aliphatic hydroxyl groups excluding tert-OH is 1. The number of hydrogen-bond donors (Lipinski definition) is 1. The van der Waals surface area contributed by atoms with E-state index in [4.69, 9.17) is 4.74 Å². The lowest BCUT2D eigenvalue weighted by Gasteiger charge is -2.43. The molecule has 21 heavy (non-hydrogen) atoms. The van der Waals surface area contributed by atoms with Gasteiger partial charge in [0.1, 0.15) is 0 Å². The molecule has 0 radical (unpaired) electrons. The van der Waals surface area contributed by atoms with Crippen LogP contribution < -0.4 is 0 Å². The maximum absolute atomic E-state index is 9.97. The number of rotatable bonds is 6. The zero-order chi connectivity index (χ0) is 15.3. The van der Waals surface area contributed by atoms with Gasteiger partial charge in [0.15, 0.2) is 0 Å². The van der Waals surface area contributed by atoms with Crippen molar-refractivity contribution in [1.29, 1.82) is 0 Å². The highest BCUT2D eigenvalue weighted by Gasteiger charge is 2.38. The van der Waals surface area contributed by atoms with Crippen molar-refractivity contribution in [3.05, 3.63) is 35.9 Å². The zero-order valence-corrected chi connectivity index (χ0v) is 13.7. The monoisotopic (exact) mass is 290 g/mol. The van der Waals surface area contributed by atoms with E-state index in [1.165, 1.54) is 12.0 Å². The van der Waals surface area contributed by atoms with Crippen molar-refractivity contribution in [3.8, 4) is 0 Å². The molecule has 0 saturated heterocycles. The Bertz CT molecular complexity index is 417. The summed E-state index contributed by atoms with van der Waals surface area (Å²) in [5, 5.41) is 9.97. The van der Waals surface area contributed by atoms with Gasteiger partial charge in [-0.1, -0.05) is 57.5 Å². The smallest absolute Gasteiger partial charge is 0.0717 e. The van der Waals surface area contributed by atoms with E-state index in [1.807, 2.05) is 6.07 Å². The quantitative estimate of drug-likeness (QED) is 0.840. The van der Waals surface area contributed by atoms with Crippen LogP contribution in [0.1, 0.15) is 52.0 Å². The van der Waals surface area contributed by atoms with Crippen LogP contribution in [0.25, 0.3) is 0 Å². The second-order valence-corrected chi connectivity index (χ2v) is 7.17. The highest BCUT2D eigenvalue weighted by Crippen LogP contribution is 2.45. The fourth-order valence-corrected chi connectivity index (χ4v) is 3.67. The molecule has 1 aromatic carbocycles. The summed E-state index contributed by atoms with van der Waals surface area (Å²) in [4.78, 5) is 0. The van der Waals surface area contributed by atoms with Gasteiger partial charge in [-0.3, -0.25) is 0 Å². The SMILES string of the molecule is C[C@H]([C@@H](C)COCc1ccccc1)[C@@]1(C)CCC[C@@H](O)C1. The minimum atomic E-state index is -0.108. The summed E-state index contributed by atoms with van der Waals surface area (Å²) in [6.07, 6.45) is 4.19. The first-order valence-corrected chi connectivity index (χ1v) is 8.31. The van der Waals surface area contributed by atoms with Gasteiger partial charge in [0.2, 0.25) is 0 Å². The average Bonchev–Trinajstić information content (AvgIpc) is 2.47. The van der Waals surface area contributed by atoms with Crippen LogP contribution in [0.4, 0.5) is 0 Å². The van der Waals surface area contributed by atoms with Gasteiger partial charge in [-0.05, 0) is 42.1 Å². The Labute approximate surface area is 129 Å². The normalized spacial score (nSPS) is 29.0. The third-order valence-electron chi connectivity index (χ3n) is 5.43. The van der Waals surface area contributed by atoms with Gasteiger partial charge in [-0.25, -0.2) is 0 Å². The molecule has 2 rings (SSSR count). The molecule has 0 amide bonds. The molecule has 1 aliphatic rings. The van der Waals surface area contributed by atoms with Crippen molar-refractivity contribution >= 4 is 0 Å². The van der Waals surface area contributed by atoms with Crippen LogP contribution >= 0.6 is 0 Å². The van der Waals surface area contributed by atoms with Gasteiger partial charge in [0.25, 0.3) is 0 Å². The van der Waals surface area contributed by atoms with Gasteiger partial charge >= 0.3 is 0 Å². The Hall–Kier alpha value is -0.860. The summed E-state index contributed by atoms with van der Waals surface area (Å²) in [5.74, 6) is 1.09. The summed E-state index contributed by atoms with van der Waals surface area (Å²) in [5.41, 5.74) is 1.49. The van der Waals surface area contributed by atoms with Crippen LogP contribution in [0, 0.1) is 17.3 Å². The average molecular weight is 290 g/mol. The zero-order valence-electron chi connectivity index (χ0n) is 13.7. The largest absolute Gasteiger partial charge is 0.393 e. The molecule has 2 heteroatoms. The Morgan fingerprint density at radius 3 is 2.67 bits per heavy atom. The Balaban J connectivity index is 1.80. The van der Waals surface area contributed by atoms with Crippen LogP contribution in [0.5, 0.6) is 0 Å². The van der Waals surface area contributed by atoms with Crippen molar-refractivity contribution in [2.75, 3.05) is 6.61 Å². The molecule has 0 unspecified atom stereocenters. The molecule has 0 aliphatic heterocycles. The number of ether oxygens (including phenoxy) is 1. The van der Waals surface area contributed by atoms with Crippen molar-refractivity contribution in [2.45, 2.75) is 59.2 Å². The third kappa shape index (κ3) is 4.55. The number of hydrogen-bond acceptors (Lipinski definition) is 2. The first-order chi connectivity index (χ1) is 10.0. The first kappa shape index (κ1) is 16.5. The van der Waals surface area contributed by atoms with E-state index < -0.39 is 0 Å². The van der Waals surface area contributed by atoms with Crippen LogP contribution in [-0.2, 0) is 11.3 Å². The van der Waals surface area contributed by atoms with Crippen LogP contribution in [0.15, 0.2) is 30.3 Å². The van der Waals surface area contributed by atoms with Crippen LogP contribution in [0.2, 0.25) is 0 Å². The molecule has 2 nitrogen and oxygen atoms in total. The lowest BCUT2D eigenvalue weighted by Crippen LogP contribution is -2.38. The molecule has 4 atom stereocenters. The summed E-state index contributed by atoms with van der Waals surface area (Å²) >= 11 is 0. The van der Waals surface area contributed by atoms with Gasteiger partial charge < -0.3 is 9.84 Å². The molecule has 1 N–H and O–H groups in total. The van der Waals surface area contributed by atoms with E-state index in [0.29, 0.717) is 18.4 Å². The molecule has 0 heterocycles. The highest BCUT2D eigenvalue weighted by atomic mass is 16.5. The minimum absolute atomic E-state index is 0.108. The van der Waals surface area contributed by atoms with Gasteiger partial charge in [0, 0.05) is 6.61 Å². The van der Waals surface area contributed by atoms with E-state index in [-0.39, 0.29) is 11.5 Å². The van der Waals surface area contributed by atoms with Crippen molar-refractivity contribution < 1.29 is 9.84 Å². The van der Waals surface area contributed by atoms with Crippen molar-refractivity contribution in [1.82, 2.24) is 0 Å². The predicted octanol–water partition coefficient (Wildman–Crippen LogP) is 4.42. The fraction of sp³-hybridized carbons (Fsp3) is 0.684. The molecule has 118 valence electrons. The predicted molar refractivity (Wildman–Crippen MR) is 87.0 cm³/mol. The van der Waals surface area contributed by atoms with Crippen molar-refractivity contribution in [2.24, 2.45) is 17.3 Å². The fourth-order valence-electron chi connectivity index (χ4n) is 3.67. The van der Waals surface area contributed by atoms with Gasteiger partial charge in [-0.15, -0.1) is 0 Å². The van der Waals surface area contributed by atoms with Crippen LogP contribution in [0.3, 0.4) is 0 Å². The lowest BCUT2D eigenvalue weighted by molar-refractivity contribution is -0.0142. The summed E-state index contributed by atoms with van der Waals surface area (Å²) in [6.45, 7) is 8.43. The molecule has 1 saturated carbocycles. The second kappa shape index (κ2) is 7.42. The molecule has 1 aromatic rings. The van der Waals surface area contributed by atoms with E-state index >= 15 is 0 Å². The topological polar surface area (TPSA) is 29.5 Å². The molecule has 0 spiro atoms. The lowest BCUT2D eigenvalue weighted by atomic mass is 9.63. The molecule has 1 aliphatic carbocycles. The van der Waals surface area contributed by atoms with E-state index in [1.54, 1.807) is 0 Å². The van der Waals surface area contributed by atoms with Crippen molar-refractivity contribution in [3.63, 3.8) is 0 Å². The summed E-state index contributed by atoms with van der Waals surface area (Å²) in [7, 11) is 0. The number of benzene rings is 1. The van der Waals surface area contributed by atoms with E-state index in [2.05, 4.69) is 45.0 Å². The van der Waals surface area contributed by atoms with E-state index in [0.717, 1.165) is 25.9 Å². The summed E-state index contributed by atoms with van der Waals surface area (Å²) in [6, 6.07) is 10.3. The molecular weight excluding hydrogens is 260 g/mol. The van der Waals surface area contributed by atoms with E-state index in [9.17, 15) is 5.11 Å². The number of aliphatic hydroxyl groups is 1. The maximum atomic E-state index is 9.97. The minimum Gasteiger partial charge on any atom is -0.393 e. The molecule has 0 bridgehead atoms. The molecular formula is C19H30O2. The summed E-state index contributed by atoms with van der Waals surface area (Å²) < 4.78 is 5.90. The maximum Gasteiger partial charge on any atom is 0.0717 e. The van der Waals surface area contributed by atoms with Gasteiger partial charge in [-0.2, -0.15) is 0 Å². The first-order valence-electron chi connectivity index (χ1n) is 8.31. The Morgan fingerprint density at radius 2 is 2.00 bits per heavy atom. The van der Waals surface area contributed by atoms with Gasteiger partial charge in [0.05, 0.1) is 12.7 Å². The highest BCUT2D eigenvalue weighted by molar-refractivity contribution is 5.13. The Kier molecular flexibility index (Phi) is 5.83. The standard InChI is InChI=1S/C19H30O2/c1-15(13-21-14-17-8-5-4-6-9-17)16(2)19(3)11-7-10-18(20)12-19/h4-6,8-9,15-16,18,20H,7,10-14H2,1-3H3/t15-,16+,18+,19-/m0/s1. The second-order valence-electron chi connectivity index (χ2n) is 7.17. The Morgan fingerprint density at radius 1 is 1.29 bits per heavy atom. The third-order valence-corrected chi connectivity index (χ3v) is 5.43. The molecule has 1 fully saturated rings.